The molecule has 1 aliphatic carbocycles. The van der Waals surface area contributed by atoms with Crippen LogP contribution in [-0.4, -0.2) is 15.5 Å². The van der Waals surface area contributed by atoms with Crippen molar-refractivity contribution in [2.75, 3.05) is 5.32 Å². The molecule has 0 unspecified atom stereocenters. The van der Waals surface area contributed by atoms with Gasteiger partial charge >= 0.3 is 0 Å². The normalized spacial score (nSPS) is 19.3. The van der Waals surface area contributed by atoms with E-state index in [4.69, 9.17) is 0 Å². The second-order valence-corrected chi connectivity index (χ2v) is 7.36. The summed E-state index contributed by atoms with van der Waals surface area (Å²) in [5.41, 5.74) is 3.24. The minimum atomic E-state index is 0.0606. The summed E-state index contributed by atoms with van der Waals surface area (Å²) in [5, 5.41) is 4.24. The van der Waals surface area contributed by atoms with Crippen molar-refractivity contribution in [1.82, 2.24) is 9.55 Å². The van der Waals surface area contributed by atoms with Crippen molar-refractivity contribution in [2.45, 2.75) is 32.7 Å². The van der Waals surface area contributed by atoms with E-state index in [-0.39, 0.29) is 11.8 Å². The van der Waals surface area contributed by atoms with E-state index in [1.807, 2.05) is 18.3 Å². The van der Waals surface area contributed by atoms with Gasteiger partial charge in [0.05, 0.1) is 0 Å². The molecule has 1 N–H and O–H groups in total. The van der Waals surface area contributed by atoms with Gasteiger partial charge in [-0.25, -0.2) is 0 Å². The molecule has 1 fully saturated rings. The first-order valence-electron chi connectivity index (χ1n) is 8.91. The average Bonchev–Trinajstić information content (AvgIpc) is 3.32. The van der Waals surface area contributed by atoms with Gasteiger partial charge < -0.3 is 9.88 Å². The van der Waals surface area contributed by atoms with Crippen LogP contribution in [0.3, 0.4) is 0 Å². The molecule has 4 nitrogen and oxygen atoms in total. The second-order valence-electron chi connectivity index (χ2n) is 7.36. The minimum absolute atomic E-state index is 0.0606. The highest BCUT2D eigenvalue weighted by molar-refractivity contribution is 5.97. The smallest absolute Gasteiger partial charge is 0.228 e. The Hall–Kier alpha value is -2.62. The quantitative estimate of drug-likeness (QED) is 0.750. The van der Waals surface area contributed by atoms with E-state index in [0.29, 0.717) is 11.8 Å². The standard InChI is InChI=1S/C21H23N3O/c1-14(2)13-24-9-7-15-10-17(5-6-20(15)24)23-21(25)19-11-18(19)16-4-3-8-22-12-16/h3-10,12,14,18-19H,11,13H2,1-2H3,(H,23,25)/t18-,19+/m0/s1. The number of fused-ring (bicyclic) bond motifs is 1. The molecule has 1 aliphatic rings. The molecule has 0 radical (unpaired) electrons. The van der Waals surface area contributed by atoms with Crippen LogP contribution in [0.4, 0.5) is 5.69 Å². The molecule has 0 aliphatic heterocycles. The Morgan fingerprint density at radius 2 is 2.20 bits per heavy atom. The van der Waals surface area contributed by atoms with E-state index in [2.05, 4.69) is 59.2 Å². The summed E-state index contributed by atoms with van der Waals surface area (Å²) in [6.07, 6.45) is 6.66. The van der Waals surface area contributed by atoms with E-state index in [1.165, 1.54) is 5.52 Å². The maximum atomic E-state index is 12.5. The summed E-state index contributed by atoms with van der Waals surface area (Å²) in [6.45, 7) is 5.44. The van der Waals surface area contributed by atoms with Crippen molar-refractivity contribution < 1.29 is 4.79 Å². The molecule has 1 amide bonds. The fourth-order valence-corrected chi connectivity index (χ4v) is 3.51. The third-order valence-electron chi connectivity index (χ3n) is 4.84. The van der Waals surface area contributed by atoms with Gasteiger partial charge in [0.2, 0.25) is 5.91 Å². The van der Waals surface area contributed by atoms with Crippen LogP contribution in [0.1, 0.15) is 31.7 Å². The Morgan fingerprint density at radius 1 is 1.32 bits per heavy atom. The molecule has 1 aromatic carbocycles. The Kier molecular flexibility index (Phi) is 4.04. The highest BCUT2D eigenvalue weighted by atomic mass is 16.2. The molecule has 128 valence electrons. The van der Waals surface area contributed by atoms with Crippen molar-refractivity contribution in [3.05, 3.63) is 60.6 Å². The Morgan fingerprint density at radius 3 is 2.96 bits per heavy atom. The largest absolute Gasteiger partial charge is 0.347 e. The Bertz CT molecular complexity index is 898. The van der Waals surface area contributed by atoms with Crippen LogP contribution in [0.25, 0.3) is 10.9 Å². The average molecular weight is 333 g/mol. The molecular formula is C21H23N3O. The Balaban J connectivity index is 1.45. The van der Waals surface area contributed by atoms with Crippen molar-refractivity contribution in [2.24, 2.45) is 11.8 Å². The first-order chi connectivity index (χ1) is 12.1. The van der Waals surface area contributed by atoms with Crippen LogP contribution < -0.4 is 5.32 Å². The first-order valence-corrected chi connectivity index (χ1v) is 8.91. The monoisotopic (exact) mass is 333 g/mol. The number of nitrogens with zero attached hydrogens (tertiary/aromatic N) is 2. The molecular weight excluding hydrogens is 310 g/mol. The number of hydrogen-bond donors (Lipinski definition) is 1. The fourth-order valence-electron chi connectivity index (χ4n) is 3.51. The molecule has 2 heterocycles. The zero-order chi connectivity index (χ0) is 17.4. The van der Waals surface area contributed by atoms with E-state index >= 15 is 0 Å². The van der Waals surface area contributed by atoms with E-state index in [9.17, 15) is 4.79 Å². The zero-order valence-electron chi connectivity index (χ0n) is 14.6. The van der Waals surface area contributed by atoms with Crippen molar-refractivity contribution >= 4 is 22.5 Å². The van der Waals surface area contributed by atoms with Gasteiger partial charge in [0.15, 0.2) is 0 Å². The SMILES string of the molecule is CC(C)Cn1ccc2cc(NC(=O)[C@@H]3C[C@H]3c3cccnc3)ccc21. The summed E-state index contributed by atoms with van der Waals surface area (Å²) >= 11 is 0. The molecule has 0 spiro atoms. The van der Waals surface area contributed by atoms with Gasteiger partial charge in [-0.2, -0.15) is 0 Å². The molecule has 2 atom stereocenters. The van der Waals surface area contributed by atoms with Gasteiger partial charge in [-0.3, -0.25) is 9.78 Å². The highest BCUT2D eigenvalue weighted by Crippen LogP contribution is 2.47. The number of pyridine rings is 1. The first kappa shape index (κ1) is 15.9. The number of carbonyl (C=O) groups is 1. The molecule has 4 heteroatoms. The predicted molar refractivity (Wildman–Crippen MR) is 100 cm³/mol. The molecule has 4 rings (SSSR count). The Labute approximate surface area is 147 Å². The van der Waals surface area contributed by atoms with E-state index in [0.717, 1.165) is 29.6 Å². The summed E-state index contributed by atoms with van der Waals surface area (Å²) < 4.78 is 2.27. The van der Waals surface area contributed by atoms with E-state index in [1.54, 1.807) is 6.20 Å². The van der Waals surface area contributed by atoms with Gasteiger partial charge in [-0.15, -0.1) is 0 Å². The molecule has 3 aromatic rings. The molecule has 25 heavy (non-hydrogen) atoms. The third kappa shape index (κ3) is 3.29. The number of benzene rings is 1. The lowest BCUT2D eigenvalue weighted by molar-refractivity contribution is -0.117. The van der Waals surface area contributed by atoms with Crippen LogP contribution >= 0.6 is 0 Å². The number of anilines is 1. The maximum Gasteiger partial charge on any atom is 0.228 e. The number of nitrogens with one attached hydrogen (secondary N) is 1. The van der Waals surface area contributed by atoms with Crippen LogP contribution in [0, 0.1) is 11.8 Å². The third-order valence-corrected chi connectivity index (χ3v) is 4.84. The number of rotatable bonds is 5. The van der Waals surface area contributed by atoms with Crippen LogP contribution in [0.2, 0.25) is 0 Å². The molecule has 2 aromatic heterocycles. The van der Waals surface area contributed by atoms with Gasteiger partial charge in [-0.1, -0.05) is 19.9 Å². The van der Waals surface area contributed by atoms with E-state index < -0.39 is 0 Å². The zero-order valence-corrected chi connectivity index (χ0v) is 14.6. The minimum Gasteiger partial charge on any atom is -0.347 e. The topological polar surface area (TPSA) is 46.9 Å². The van der Waals surface area contributed by atoms with Crippen molar-refractivity contribution in [3.63, 3.8) is 0 Å². The van der Waals surface area contributed by atoms with Crippen molar-refractivity contribution in [1.29, 1.82) is 0 Å². The summed E-state index contributed by atoms with van der Waals surface area (Å²) in [7, 11) is 0. The maximum absolute atomic E-state index is 12.5. The van der Waals surface area contributed by atoms with Crippen LogP contribution in [0.5, 0.6) is 0 Å². The lowest BCUT2D eigenvalue weighted by Gasteiger charge is -2.09. The number of carbonyl (C=O) groups excluding carboxylic acids is 1. The lowest BCUT2D eigenvalue weighted by atomic mass is 10.1. The second kappa shape index (κ2) is 6.36. The highest BCUT2D eigenvalue weighted by Gasteiger charge is 2.44. The number of aromatic nitrogens is 2. The lowest BCUT2D eigenvalue weighted by Crippen LogP contribution is -2.14. The van der Waals surface area contributed by atoms with Gasteiger partial charge in [0.25, 0.3) is 0 Å². The fraction of sp³-hybridized carbons (Fsp3) is 0.333. The van der Waals surface area contributed by atoms with Gasteiger partial charge in [0, 0.05) is 47.6 Å². The van der Waals surface area contributed by atoms with Gasteiger partial charge in [-0.05, 0) is 54.2 Å². The summed E-state index contributed by atoms with van der Waals surface area (Å²) in [6, 6.07) is 12.2. The number of amides is 1. The van der Waals surface area contributed by atoms with Crippen LogP contribution in [-0.2, 0) is 11.3 Å². The summed E-state index contributed by atoms with van der Waals surface area (Å²) in [4.78, 5) is 16.7. The molecule has 0 saturated heterocycles. The number of hydrogen-bond acceptors (Lipinski definition) is 2. The van der Waals surface area contributed by atoms with Crippen LogP contribution in [0.15, 0.2) is 55.0 Å². The summed E-state index contributed by atoms with van der Waals surface area (Å²) in [5.74, 6) is 1.08. The molecule has 0 bridgehead atoms. The molecule has 1 saturated carbocycles. The van der Waals surface area contributed by atoms with Crippen molar-refractivity contribution in [3.8, 4) is 0 Å². The predicted octanol–water partition coefficient (Wildman–Crippen LogP) is 4.43. The van der Waals surface area contributed by atoms with Gasteiger partial charge in [0.1, 0.15) is 0 Å².